The second kappa shape index (κ2) is 158. The van der Waals surface area contributed by atoms with Gasteiger partial charge in [0.1, 0.15) is 0 Å². The number of unbranched alkanes of at least 4 members (excludes halogenated alkanes) is 3. The summed E-state index contributed by atoms with van der Waals surface area (Å²) in [6.07, 6.45) is 45.4. The molecule has 0 atom stereocenters. The predicted molar refractivity (Wildman–Crippen MR) is 455 cm³/mol. The number of allylic oxidation sites excluding steroid dienone is 10. The van der Waals surface area contributed by atoms with Gasteiger partial charge in [-0.2, -0.15) is 0 Å². The fourth-order valence-electron chi connectivity index (χ4n) is 4.94. The molecule has 0 unspecified atom stereocenters. The summed E-state index contributed by atoms with van der Waals surface area (Å²) in [5.41, 5.74) is 4.95. The summed E-state index contributed by atoms with van der Waals surface area (Å²) >= 11 is 0. The van der Waals surface area contributed by atoms with Gasteiger partial charge in [-0.15, -0.1) is 11.8 Å². The van der Waals surface area contributed by atoms with Crippen molar-refractivity contribution in [2.24, 2.45) is 5.92 Å². The Morgan fingerprint density at radius 1 is 0.372 bits per heavy atom. The normalized spacial score (nSPS) is 9.35. The average molecular weight is 1310 g/mol. The summed E-state index contributed by atoms with van der Waals surface area (Å²) in [4.78, 5) is 11.0. The van der Waals surface area contributed by atoms with E-state index < -0.39 is 0 Å². The van der Waals surface area contributed by atoms with E-state index >= 15 is 0 Å². The van der Waals surface area contributed by atoms with Crippen LogP contribution in [0.15, 0.2) is 182 Å². The molecule has 0 radical (unpaired) electrons. The van der Waals surface area contributed by atoms with E-state index in [1.165, 1.54) is 107 Å². The molecular formula is C93H176O. The van der Waals surface area contributed by atoms with Gasteiger partial charge in [0, 0.05) is 24.8 Å². The Labute approximate surface area is 600 Å². The number of carbonyl (C=O) groups excluding carboxylic acids is 1. The molecule has 4 aromatic rings. The van der Waals surface area contributed by atoms with Gasteiger partial charge in [-0.05, 0) is 106 Å². The number of aryl methyl sites for hydroxylation is 3. The first kappa shape index (κ1) is 126. The zero-order valence-corrected chi connectivity index (χ0v) is 70.9. The summed E-state index contributed by atoms with van der Waals surface area (Å²) in [6.45, 7) is 72.7. The van der Waals surface area contributed by atoms with Crippen molar-refractivity contribution >= 4 is 5.78 Å². The number of carbonyl (C=O) groups is 1. The molecule has 0 aliphatic heterocycles. The molecule has 94 heavy (non-hydrogen) atoms. The molecule has 1 aliphatic rings. The van der Waals surface area contributed by atoms with Crippen LogP contribution in [0.4, 0.5) is 0 Å². The van der Waals surface area contributed by atoms with Gasteiger partial charge in [-0.1, -0.05) is 451 Å². The van der Waals surface area contributed by atoms with E-state index in [9.17, 15) is 4.79 Å². The summed E-state index contributed by atoms with van der Waals surface area (Å²) < 4.78 is 0. The Kier molecular flexibility index (Phi) is 211. The van der Waals surface area contributed by atoms with Gasteiger partial charge in [0.15, 0.2) is 5.78 Å². The highest BCUT2D eigenvalue weighted by Gasteiger charge is 2.06. The van der Waals surface area contributed by atoms with Crippen molar-refractivity contribution in [2.75, 3.05) is 0 Å². The number of hydrogen-bond donors (Lipinski definition) is 0. The second-order valence-corrected chi connectivity index (χ2v) is 20.1. The molecule has 0 heterocycles. The van der Waals surface area contributed by atoms with Gasteiger partial charge in [0.05, 0.1) is 0 Å². The number of Topliss-reactive ketones (excluding diaryl/α,β-unsaturated/α-hetero) is 1. The zero-order chi connectivity index (χ0) is 76.2. The lowest BCUT2D eigenvalue weighted by molar-refractivity contribution is 0.0988. The minimum absolute atomic E-state index is 0.209. The molecular weight excluding hydrogens is 1130 g/mol. The van der Waals surface area contributed by atoms with E-state index in [1.54, 1.807) is 0 Å². The third kappa shape index (κ3) is 198. The molecule has 4 aromatic carbocycles. The van der Waals surface area contributed by atoms with E-state index in [-0.39, 0.29) is 5.78 Å². The molecule has 1 aliphatic carbocycles. The van der Waals surface area contributed by atoms with Gasteiger partial charge < -0.3 is 0 Å². The van der Waals surface area contributed by atoms with Crippen LogP contribution < -0.4 is 0 Å². The average Bonchev–Trinajstić information content (AvgIpc) is 1.96. The maximum absolute atomic E-state index is 11.0. The van der Waals surface area contributed by atoms with Crippen molar-refractivity contribution in [2.45, 2.75) is 371 Å². The molecule has 1 heteroatoms. The highest BCUT2D eigenvalue weighted by Crippen LogP contribution is 2.22. The van der Waals surface area contributed by atoms with Crippen LogP contribution in [0, 0.1) is 24.7 Å². The van der Waals surface area contributed by atoms with Gasteiger partial charge >= 0.3 is 0 Å². The van der Waals surface area contributed by atoms with Crippen molar-refractivity contribution in [1.29, 1.82) is 0 Å². The Morgan fingerprint density at radius 2 is 0.628 bits per heavy atom. The second-order valence-electron chi connectivity index (χ2n) is 20.1. The molecule has 1 fully saturated rings. The smallest absolute Gasteiger partial charge is 0.162 e. The monoisotopic (exact) mass is 1310 g/mol. The van der Waals surface area contributed by atoms with E-state index in [4.69, 9.17) is 0 Å². The van der Waals surface area contributed by atoms with E-state index in [0.717, 1.165) is 43.6 Å². The van der Waals surface area contributed by atoms with Crippen molar-refractivity contribution in [1.82, 2.24) is 0 Å². The van der Waals surface area contributed by atoms with Crippen molar-refractivity contribution in [3.05, 3.63) is 204 Å². The van der Waals surface area contributed by atoms with E-state index in [1.807, 2.05) is 220 Å². The molecule has 1 saturated carbocycles. The molecule has 0 aromatic heterocycles. The third-order valence-corrected chi connectivity index (χ3v) is 10.2. The van der Waals surface area contributed by atoms with Crippen LogP contribution in [-0.2, 0) is 12.8 Å². The summed E-state index contributed by atoms with van der Waals surface area (Å²) in [5, 5.41) is 0. The van der Waals surface area contributed by atoms with Gasteiger partial charge in [0.2, 0.25) is 0 Å². The van der Waals surface area contributed by atoms with Crippen molar-refractivity contribution in [3.8, 4) is 11.8 Å². The van der Waals surface area contributed by atoms with Crippen molar-refractivity contribution in [3.63, 3.8) is 0 Å². The standard InChI is InChI=1S/C9H10O.2C8H10.C7H14.C7H8.C6H10.C5H12.C5H10.C4H10.4C4H8.4C3H8.3C2H6/c1-2-9(10)8-6-4-3-5-7-8;2*1-2-8-6-4-3-5-7-8;2*1-7-5-3-2-4-6-7;1-3-5-6-4-2;2*1-3-5-4-2;5*1-3-4-2;4*1-3-2;3*1-2/h3-7H,2H2,1H3;2*3-7H,2H2,1H3;7H,2-6H2,1H3;2-6H,1H3;3-4H2,1-2H3;3-5H2,1-2H3;3,5H,4H2,1-2H3;3-4H2,1-2H3;4*3-4H,1-2H3;4*3H2,1-2H3;3*1-2H3/b;;;;;;;5-3+;;;;;;;;;;;;. The third-order valence-electron chi connectivity index (χ3n) is 10.2. The maximum atomic E-state index is 11.0. The first-order chi connectivity index (χ1) is 45.5. The van der Waals surface area contributed by atoms with Crippen LogP contribution in [0.1, 0.15) is 378 Å². The quantitative estimate of drug-likeness (QED) is 0.0976. The summed E-state index contributed by atoms with van der Waals surface area (Å²) in [7, 11) is 0. The number of rotatable bonds is 8. The van der Waals surface area contributed by atoms with Gasteiger partial charge in [0.25, 0.3) is 0 Å². The maximum Gasteiger partial charge on any atom is 0.162 e. The van der Waals surface area contributed by atoms with E-state index in [2.05, 4.69) is 216 Å². The summed E-state index contributed by atoms with van der Waals surface area (Å²) in [6, 6.07) is 40.5. The molecule has 0 N–H and O–H groups in total. The SMILES string of the molecule is C/C=C/CC.CC.CC.CC.CC1CCCCC1.CC=CC.CC=CC.CC=CC.CC=CC.CCC.CCC.CCC.CCC.CCC#CCC.CCC(=O)c1ccccc1.CCCC.CCCCC.CCc1ccccc1.CCc1ccccc1.Cc1ccccc1. The minimum Gasteiger partial charge on any atom is -0.294 e. The van der Waals surface area contributed by atoms with Crippen molar-refractivity contribution < 1.29 is 4.79 Å². The molecule has 1 nitrogen and oxygen atoms in total. The highest BCUT2D eigenvalue weighted by atomic mass is 16.1. The number of hydrogen-bond acceptors (Lipinski definition) is 1. The van der Waals surface area contributed by atoms with Crippen LogP contribution in [0.25, 0.3) is 0 Å². The lowest BCUT2D eigenvalue weighted by Gasteiger charge is -2.15. The van der Waals surface area contributed by atoms with Gasteiger partial charge in [-0.25, -0.2) is 0 Å². The molecule has 0 spiro atoms. The molecule has 0 bridgehead atoms. The Balaban J connectivity index is -0.0000000547. The first-order valence-electron chi connectivity index (χ1n) is 38.5. The minimum atomic E-state index is 0.209. The zero-order valence-electron chi connectivity index (χ0n) is 70.9. The predicted octanol–water partition coefficient (Wildman–Crippen LogP) is 34.2. The molecule has 0 amide bonds. The fourth-order valence-corrected chi connectivity index (χ4v) is 4.94. The molecule has 5 rings (SSSR count). The van der Waals surface area contributed by atoms with Crippen LogP contribution in [-0.4, -0.2) is 5.78 Å². The van der Waals surface area contributed by atoms with Crippen LogP contribution in [0.3, 0.4) is 0 Å². The number of benzene rings is 4. The lowest BCUT2D eigenvalue weighted by Crippen LogP contribution is -1.99. The first-order valence-corrected chi connectivity index (χ1v) is 38.5. The number of ketones is 1. The Bertz CT molecular complexity index is 1700. The molecule has 554 valence electrons. The Hall–Kier alpha value is -5.19. The van der Waals surface area contributed by atoms with Crippen LogP contribution in [0.5, 0.6) is 0 Å². The van der Waals surface area contributed by atoms with Crippen LogP contribution >= 0.6 is 0 Å². The topological polar surface area (TPSA) is 17.1 Å². The van der Waals surface area contributed by atoms with Crippen LogP contribution in [0.2, 0.25) is 0 Å². The summed E-state index contributed by atoms with van der Waals surface area (Å²) in [5.74, 6) is 7.14. The fraction of sp³-hybridized carbons (Fsp3) is 0.602. The molecule has 0 saturated heterocycles. The lowest BCUT2D eigenvalue weighted by atomic mass is 9.91. The Morgan fingerprint density at radius 3 is 0.745 bits per heavy atom. The largest absolute Gasteiger partial charge is 0.294 e. The highest BCUT2D eigenvalue weighted by molar-refractivity contribution is 5.95. The van der Waals surface area contributed by atoms with Gasteiger partial charge in [-0.3, -0.25) is 4.79 Å². The van der Waals surface area contributed by atoms with E-state index in [0.29, 0.717) is 6.42 Å².